The lowest BCUT2D eigenvalue weighted by Crippen LogP contribution is -2.11. The Balaban J connectivity index is 2.49. The fourth-order valence-electron chi connectivity index (χ4n) is 1.40. The lowest BCUT2D eigenvalue weighted by atomic mass is 10.2. The Kier molecular flexibility index (Phi) is 7.69. The molecular formula is C13H20NO2PS2. The van der Waals surface area contributed by atoms with Gasteiger partial charge in [-0.15, -0.1) is 0 Å². The van der Waals surface area contributed by atoms with Gasteiger partial charge in [-0.2, -0.15) is 0 Å². The molecule has 3 nitrogen and oxygen atoms in total. The predicted molar refractivity (Wildman–Crippen MR) is 86.9 cm³/mol. The fraction of sp³-hybridized carbons (Fsp3) is 0.462. The molecule has 1 rings (SSSR count). The Morgan fingerprint density at radius 2 is 2.16 bits per heavy atom. The quantitative estimate of drug-likeness (QED) is 0.556. The number of hydrogen-bond donors (Lipinski definition) is 1. The molecule has 0 saturated heterocycles. The van der Waals surface area contributed by atoms with Crippen LogP contribution in [0, 0.1) is 0 Å². The van der Waals surface area contributed by atoms with Crippen LogP contribution >= 0.6 is 17.0 Å². The fourth-order valence-corrected chi connectivity index (χ4v) is 6.94. The summed E-state index contributed by atoms with van der Waals surface area (Å²) in [4.78, 5) is 10.7. The van der Waals surface area contributed by atoms with Gasteiger partial charge in [0, 0.05) is 5.25 Å². The Bertz CT molecular complexity index is 428. The molecule has 0 aliphatic carbocycles. The number of carbonyl (C=O) groups is 1. The van der Waals surface area contributed by atoms with Crippen molar-refractivity contribution < 1.29 is 9.32 Å². The van der Waals surface area contributed by atoms with Crippen LogP contribution in [0.3, 0.4) is 0 Å². The molecule has 19 heavy (non-hydrogen) atoms. The number of carbonyl (C=O) groups excluding carboxylic acids is 1. The van der Waals surface area contributed by atoms with E-state index in [0.717, 1.165) is 12.8 Å². The van der Waals surface area contributed by atoms with Gasteiger partial charge in [-0.1, -0.05) is 55.6 Å². The first-order valence-electron chi connectivity index (χ1n) is 6.28. The van der Waals surface area contributed by atoms with Crippen LogP contribution < -0.4 is 5.09 Å². The molecule has 0 aliphatic heterocycles. The molecule has 1 aromatic rings. The molecule has 0 spiro atoms. The maximum Gasteiger partial charge on any atom is 0.213 e. The van der Waals surface area contributed by atoms with E-state index in [2.05, 4.69) is 31.1 Å². The zero-order chi connectivity index (χ0) is 14.1. The first-order valence-corrected chi connectivity index (χ1v) is 10.5. The van der Waals surface area contributed by atoms with Gasteiger partial charge in [0.1, 0.15) is 0 Å². The van der Waals surface area contributed by atoms with Gasteiger partial charge >= 0.3 is 0 Å². The van der Waals surface area contributed by atoms with E-state index in [9.17, 15) is 4.79 Å². The van der Waals surface area contributed by atoms with Crippen LogP contribution in [-0.4, -0.2) is 18.3 Å². The third kappa shape index (κ3) is 6.57. The average Bonchev–Trinajstić information content (AvgIpc) is 2.40. The second kappa shape index (κ2) is 8.75. The molecule has 2 atom stereocenters. The van der Waals surface area contributed by atoms with Crippen molar-refractivity contribution >= 4 is 35.2 Å². The SMILES string of the molecule is CCC(C)SP(=S)(NC=O)OCCc1ccccc1. The maximum absolute atomic E-state index is 10.7. The van der Waals surface area contributed by atoms with Gasteiger partial charge < -0.3 is 9.61 Å². The highest BCUT2D eigenvalue weighted by Crippen LogP contribution is 2.58. The van der Waals surface area contributed by atoms with Gasteiger partial charge in [0.15, 0.2) is 0 Å². The Labute approximate surface area is 124 Å². The van der Waals surface area contributed by atoms with Gasteiger partial charge in [0.25, 0.3) is 0 Å². The van der Waals surface area contributed by atoms with E-state index in [4.69, 9.17) is 16.3 Å². The molecule has 0 radical (unpaired) electrons. The second-order valence-electron chi connectivity index (χ2n) is 4.14. The van der Waals surface area contributed by atoms with Crippen LogP contribution in [0.1, 0.15) is 25.8 Å². The molecule has 0 saturated carbocycles. The van der Waals surface area contributed by atoms with E-state index < -0.39 is 5.62 Å². The number of hydrogen-bond acceptors (Lipinski definition) is 4. The van der Waals surface area contributed by atoms with Crippen LogP contribution in [0.5, 0.6) is 0 Å². The topological polar surface area (TPSA) is 38.3 Å². The number of rotatable bonds is 9. The minimum atomic E-state index is -2.30. The van der Waals surface area contributed by atoms with E-state index >= 15 is 0 Å². The summed E-state index contributed by atoms with van der Waals surface area (Å²) in [5, 5.41) is 3.08. The molecule has 0 heterocycles. The molecule has 6 heteroatoms. The summed E-state index contributed by atoms with van der Waals surface area (Å²) in [5.41, 5.74) is -1.09. The van der Waals surface area contributed by atoms with E-state index in [1.165, 1.54) is 5.56 Å². The van der Waals surface area contributed by atoms with Crippen molar-refractivity contribution in [1.82, 2.24) is 5.09 Å². The zero-order valence-corrected chi connectivity index (χ0v) is 13.8. The maximum atomic E-state index is 10.7. The smallest absolute Gasteiger partial charge is 0.213 e. The lowest BCUT2D eigenvalue weighted by molar-refractivity contribution is -0.108. The van der Waals surface area contributed by atoms with Crippen molar-refractivity contribution in [3.05, 3.63) is 35.9 Å². The minimum absolute atomic E-state index is 0.384. The minimum Gasteiger partial charge on any atom is -0.326 e. The second-order valence-corrected chi connectivity index (χ2v) is 11.1. The van der Waals surface area contributed by atoms with Crippen molar-refractivity contribution in [2.24, 2.45) is 0 Å². The van der Waals surface area contributed by atoms with Crippen molar-refractivity contribution in [2.75, 3.05) is 6.61 Å². The third-order valence-electron chi connectivity index (χ3n) is 2.60. The zero-order valence-electron chi connectivity index (χ0n) is 11.2. The monoisotopic (exact) mass is 317 g/mol. The Morgan fingerprint density at radius 3 is 2.74 bits per heavy atom. The summed E-state index contributed by atoms with van der Waals surface area (Å²) in [6.45, 7) is 4.73. The number of amides is 1. The summed E-state index contributed by atoms with van der Waals surface area (Å²) in [5.74, 6) is 0. The molecule has 0 bridgehead atoms. The highest BCUT2D eigenvalue weighted by molar-refractivity contribution is 8.69. The van der Waals surface area contributed by atoms with Crippen LogP contribution in [0.4, 0.5) is 0 Å². The standard InChI is InChI=1S/C13H20NO2PS2/c1-3-12(2)19-17(18,14-11-15)16-10-9-13-7-5-4-6-8-13/h4-8,11-12H,3,9-10H2,1-2H3,(H,14,15,18). The van der Waals surface area contributed by atoms with Crippen LogP contribution in [0.25, 0.3) is 0 Å². The van der Waals surface area contributed by atoms with Gasteiger partial charge in [-0.3, -0.25) is 4.79 Å². The summed E-state index contributed by atoms with van der Waals surface area (Å²) in [6.07, 6.45) is 2.46. The molecule has 1 N–H and O–H groups in total. The number of nitrogens with one attached hydrogen (secondary N) is 1. The van der Waals surface area contributed by atoms with Crippen LogP contribution in [0.15, 0.2) is 30.3 Å². The first kappa shape index (κ1) is 16.7. The van der Waals surface area contributed by atoms with Crippen LogP contribution in [-0.2, 0) is 27.5 Å². The van der Waals surface area contributed by atoms with E-state index in [1.807, 2.05) is 18.2 Å². The lowest BCUT2D eigenvalue weighted by Gasteiger charge is -2.23. The Hall–Kier alpha value is -0.350. The molecule has 0 aromatic heterocycles. The van der Waals surface area contributed by atoms with Crippen molar-refractivity contribution in [3.8, 4) is 0 Å². The highest BCUT2D eigenvalue weighted by Gasteiger charge is 2.20. The molecule has 1 amide bonds. The van der Waals surface area contributed by atoms with E-state index in [-0.39, 0.29) is 0 Å². The average molecular weight is 317 g/mol. The molecule has 0 fully saturated rings. The third-order valence-corrected chi connectivity index (χ3v) is 8.47. The molecule has 2 unspecified atom stereocenters. The molecule has 106 valence electrons. The summed E-state index contributed by atoms with van der Waals surface area (Å²) in [7, 11) is 0. The van der Waals surface area contributed by atoms with Gasteiger partial charge in [-0.05, 0) is 30.2 Å². The Morgan fingerprint density at radius 1 is 1.47 bits per heavy atom. The summed E-state index contributed by atoms with van der Waals surface area (Å²) >= 11 is 7.04. The van der Waals surface area contributed by atoms with Gasteiger partial charge in [0.05, 0.1) is 6.61 Å². The molecule has 0 aliphatic rings. The highest BCUT2D eigenvalue weighted by atomic mass is 32.9. The number of benzene rings is 1. The first-order chi connectivity index (χ1) is 9.09. The van der Waals surface area contributed by atoms with Crippen molar-refractivity contribution in [1.29, 1.82) is 0 Å². The van der Waals surface area contributed by atoms with E-state index in [0.29, 0.717) is 18.3 Å². The summed E-state index contributed by atoms with van der Waals surface area (Å²) < 4.78 is 5.79. The van der Waals surface area contributed by atoms with Gasteiger partial charge in [-0.25, -0.2) is 0 Å². The molecular weight excluding hydrogens is 297 g/mol. The summed E-state index contributed by atoms with van der Waals surface area (Å²) in [6, 6.07) is 10.1. The normalized spacial score (nSPS) is 15.5. The molecule has 1 aromatic carbocycles. The van der Waals surface area contributed by atoms with Crippen molar-refractivity contribution in [2.45, 2.75) is 31.9 Å². The van der Waals surface area contributed by atoms with Crippen molar-refractivity contribution in [3.63, 3.8) is 0 Å². The van der Waals surface area contributed by atoms with E-state index in [1.54, 1.807) is 11.4 Å². The predicted octanol–water partition coefficient (Wildman–Crippen LogP) is 3.75. The van der Waals surface area contributed by atoms with Gasteiger partial charge in [0.2, 0.25) is 12.0 Å². The largest absolute Gasteiger partial charge is 0.326 e. The van der Waals surface area contributed by atoms with Crippen LogP contribution in [0.2, 0.25) is 0 Å².